The van der Waals surface area contributed by atoms with Crippen LogP contribution in [-0.2, 0) is 0 Å². The summed E-state index contributed by atoms with van der Waals surface area (Å²) in [5, 5.41) is 10.3. The second-order valence-corrected chi connectivity index (χ2v) is 5.34. The number of amides is 1. The number of ether oxygens (including phenoxy) is 1. The van der Waals surface area contributed by atoms with E-state index in [0.717, 1.165) is 25.9 Å². The van der Waals surface area contributed by atoms with Crippen molar-refractivity contribution in [2.75, 3.05) is 26.2 Å². The average Bonchev–Trinajstić information content (AvgIpc) is 3.10. The van der Waals surface area contributed by atoms with Gasteiger partial charge in [-0.15, -0.1) is 5.10 Å². The molecule has 0 spiro atoms. The van der Waals surface area contributed by atoms with Gasteiger partial charge in [0, 0.05) is 12.7 Å². The Morgan fingerprint density at radius 3 is 3.26 bits per heavy atom. The van der Waals surface area contributed by atoms with Crippen molar-refractivity contribution in [3.63, 3.8) is 0 Å². The first-order chi connectivity index (χ1) is 11.3. The van der Waals surface area contributed by atoms with Gasteiger partial charge < -0.3 is 15.4 Å². The van der Waals surface area contributed by atoms with Gasteiger partial charge in [0.25, 0.3) is 5.91 Å². The summed E-state index contributed by atoms with van der Waals surface area (Å²) in [6.45, 7) is 2.65. The lowest BCUT2D eigenvalue weighted by atomic mass is 10.1. The van der Waals surface area contributed by atoms with E-state index >= 15 is 0 Å². The molecule has 1 fully saturated rings. The van der Waals surface area contributed by atoms with Gasteiger partial charge in [-0.2, -0.15) is 0 Å². The predicted octanol–water partition coefficient (Wildman–Crippen LogP) is 0.406. The standard InChI is InChI=1S/C15H20N6O2/c22-15(18-7-8-23-13-4-2-6-17-10-13)14-19-11-21(20-14)12-3-1-5-16-9-12/h2,4,6,10-12,16H,1,3,5,7-9H2,(H,18,22). The van der Waals surface area contributed by atoms with E-state index in [1.807, 2.05) is 6.07 Å². The van der Waals surface area contributed by atoms with E-state index in [1.54, 1.807) is 29.5 Å². The summed E-state index contributed by atoms with van der Waals surface area (Å²) in [6, 6.07) is 3.88. The van der Waals surface area contributed by atoms with E-state index in [2.05, 4.69) is 25.7 Å². The largest absolute Gasteiger partial charge is 0.490 e. The molecular weight excluding hydrogens is 296 g/mol. The lowest BCUT2D eigenvalue weighted by Crippen LogP contribution is -2.32. The first kappa shape index (κ1) is 15.4. The number of nitrogens with zero attached hydrogens (tertiary/aromatic N) is 4. The fraction of sp³-hybridized carbons (Fsp3) is 0.467. The number of hydrogen-bond donors (Lipinski definition) is 2. The molecule has 1 unspecified atom stereocenters. The second kappa shape index (κ2) is 7.68. The Kier molecular flexibility index (Phi) is 5.15. The molecule has 8 heteroatoms. The van der Waals surface area contributed by atoms with Gasteiger partial charge in [-0.05, 0) is 31.5 Å². The maximum atomic E-state index is 12.0. The zero-order chi connectivity index (χ0) is 15.9. The van der Waals surface area contributed by atoms with Crippen molar-refractivity contribution < 1.29 is 9.53 Å². The van der Waals surface area contributed by atoms with Gasteiger partial charge in [-0.3, -0.25) is 9.78 Å². The molecule has 1 amide bonds. The monoisotopic (exact) mass is 316 g/mol. The minimum atomic E-state index is -0.290. The minimum Gasteiger partial charge on any atom is -0.490 e. The van der Waals surface area contributed by atoms with Crippen LogP contribution >= 0.6 is 0 Å². The normalized spacial score (nSPS) is 17.7. The van der Waals surface area contributed by atoms with Gasteiger partial charge in [0.05, 0.1) is 18.8 Å². The van der Waals surface area contributed by atoms with Crippen LogP contribution in [0.15, 0.2) is 30.9 Å². The topological polar surface area (TPSA) is 94.0 Å². The van der Waals surface area contributed by atoms with Gasteiger partial charge in [0.15, 0.2) is 0 Å². The van der Waals surface area contributed by atoms with Crippen molar-refractivity contribution in [1.82, 2.24) is 30.4 Å². The van der Waals surface area contributed by atoms with Gasteiger partial charge >= 0.3 is 0 Å². The maximum absolute atomic E-state index is 12.0. The van der Waals surface area contributed by atoms with Crippen LogP contribution in [-0.4, -0.2) is 51.9 Å². The fourth-order valence-corrected chi connectivity index (χ4v) is 2.46. The lowest BCUT2D eigenvalue weighted by Gasteiger charge is -2.22. The fourth-order valence-electron chi connectivity index (χ4n) is 2.46. The smallest absolute Gasteiger partial charge is 0.291 e. The molecule has 1 aliphatic heterocycles. The van der Waals surface area contributed by atoms with Crippen LogP contribution in [0.25, 0.3) is 0 Å². The number of rotatable bonds is 6. The molecule has 122 valence electrons. The molecule has 2 aromatic rings. The Hall–Kier alpha value is -2.48. The molecule has 23 heavy (non-hydrogen) atoms. The van der Waals surface area contributed by atoms with Crippen LogP contribution in [0.5, 0.6) is 5.75 Å². The number of hydrogen-bond acceptors (Lipinski definition) is 6. The molecule has 1 saturated heterocycles. The highest BCUT2D eigenvalue weighted by Crippen LogP contribution is 2.14. The lowest BCUT2D eigenvalue weighted by molar-refractivity contribution is 0.0936. The van der Waals surface area contributed by atoms with Crippen LogP contribution in [0, 0.1) is 0 Å². The summed E-state index contributed by atoms with van der Waals surface area (Å²) in [6.07, 6.45) is 7.09. The summed E-state index contributed by atoms with van der Waals surface area (Å²) < 4.78 is 7.23. The summed E-state index contributed by atoms with van der Waals surface area (Å²) in [5.74, 6) is 0.577. The Morgan fingerprint density at radius 1 is 1.52 bits per heavy atom. The molecule has 2 N–H and O–H groups in total. The van der Waals surface area contributed by atoms with Crippen molar-refractivity contribution in [2.45, 2.75) is 18.9 Å². The van der Waals surface area contributed by atoms with Crippen molar-refractivity contribution >= 4 is 5.91 Å². The molecule has 3 rings (SSSR count). The molecule has 3 heterocycles. The summed E-state index contributed by atoms with van der Waals surface area (Å²) in [5.41, 5.74) is 0. The van der Waals surface area contributed by atoms with Crippen molar-refractivity contribution in [3.05, 3.63) is 36.7 Å². The Morgan fingerprint density at radius 2 is 2.48 bits per heavy atom. The third kappa shape index (κ3) is 4.26. The highest BCUT2D eigenvalue weighted by atomic mass is 16.5. The third-order valence-corrected chi connectivity index (χ3v) is 3.65. The zero-order valence-electron chi connectivity index (χ0n) is 12.8. The highest BCUT2D eigenvalue weighted by molar-refractivity contribution is 5.90. The molecule has 0 aromatic carbocycles. The number of piperidine rings is 1. The SMILES string of the molecule is O=C(NCCOc1cccnc1)c1ncn(C2CCCNC2)n1. The van der Waals surface area contributed by atoms with E-state index in [-0.39, 0.29) is 17.8 Å². The van der Waals surface area contributed by atoms with Crippen molar-refractivity contribution in [3.8, 4) is 5.75 Å². The van der Waals surface area contributed by atoms with Gasteiger partial charge in [-0.25, -0.2) is 9.67 Å². The first-order valence-electron chi connectivity index (χ1n) is 7.76. The van der Waals surface area contributed by atoms with Crippen LogP contribution < -0.4 is 15.4 Å². The number of carbonyl (C=O) groups excluding carboxylic acids is 1. The van der Waals surface area contributed by atoms with E-state index in [1.165, 1.54) is 0 Å². The van der Waals surface area contributed by atoms with E-state index in [0.29, 0.717) is 18.9 Å². The molecule has 0 saturated carbocycles. The molecule has 2 aromatic heterocycles. The van der Waals surface area contributed by atoms with Crippen LogP contribution in [0.4, 0.5) is 0 Å². The number of carbonyl (C=O) groups is 1. The molecule has 1 aliphatic rings. The molecule has 0 bridgehead atoms. The minimum absolute atomic E-state index is 0.192. The quantitative estimate of drug-likeness (QED) is 0.750. The highest BCUT2D eigenvalue weighted by Gasteiger charge is 2.18. The van der Waals surface area contributed by atoms with Crippen LogP contribution in [0.2, 0.25) is 0 Å². The number of pyridine rings is 1. The van der Waals surface area contributed by atoms with E-state index < -0.39 is 0 Å². The van der Waals surface area contributed by atoms with E-state index in [4.69, 9.17) is 4.74 Å². The Bertz CT molecular complexity index is 624. The van der Waals surface area contributed by atoms with Crippen molar-refractivity contribution in [2.24, 2.45) is 0 Å². The van der Waals surface area contributed by atoms with Crippen LogP contribution in [0.3, 0.4) is 0 Å². The average molecular weight is 316 g/mol. The molecule has 1 atom stereocenters. The Labute approximate surface area is 134 Å². The van der Waals surface area contributed by atoms with Crippen molar-refractivity contribution in [1.29, 1.82) is 0 Å². The summed E-state index contributed by atoms with van der Waals surface area (Å²) >= 11 is 0. The second-order valence-electron chi connectivity index (χ2n) is 5.34. The molecule has 0 aliphatic carbocycles. The Balaban J connectivity index is 1.44. The van der Waals surface area contributed by atoms with E-state index in [9.17, 15) is 4.79 Å². The summed E-state index contributed by atoms with van der Waals surface area (Å²) in [4.78, 5) is 20.1. The predicted molar refractivity (Wildman–Crippen MR) is 83.2 cm³/mol. The van der Waals surface area contributed by atoms with Crippen LogP contribution in [0.1, 0.15) is 29.5 Å². The van der Waals surface area contributed by atoms with Gasteiger partial charge in [-0.1, -0.05) is 0 Å². The number of aromatic nitrogens is 4. The maximum Gasteiger partial charge on any atom is 0.291 e. The van der Waals surface area contributed by atoms with Gasteiger partial charge in [0.1, 0.15) is 18.7 Å². The first-order valence-corrected chi connectivity index (χ1v) is 7.76. The van der Waals surface area contributed by atoms with Gasteiger partial charge in [0.2, 0.25) is 5.82 Å². The molecular formula is C15H20N6O2. The molecule has 0 radical (unpaired) electrons. The third-order valence-electron chi connectivity index (χ3n) is 3.65. The zero-order valence-corrected chi connectivity index (χ0v) is 12.8. The summed E-state index contributed by atoms with van der Waals surface area (Å²) in [7, 11) is 0. The molecule has 8 nitrogen and oxygen atoms in total. The number of nitrogens with one attached hydrogen (secondary N) is 2.